The standard InChI is InChI=1S/C13H25NO/c1-13(2)7-5-11(6-8-13)14-9-3-4-12(15)10-14/h11-12,15H,3-10H2,1-2H3. The fraction of sp³-hybridized carbons (Fsp3) is 1.00. The molecule has 0 bridgehead atoms. The first-order chi connectivity index (χ1) is 7.07. The van der Waals surface area contributed by atoms with Crippen LogP contribution in [-0.2, 0) is 0 Å². The summed E-state index contributed by atoms with van der Waals surface area (Å²) in [5, 5.41) is 9.67. The third-order valence-electron chi connectivity index (χ3n) is 4.25. The van der Waals surface area contributed by atoms with Crippen LogP contribution in [0.25, 0.3) is 0 Å². The highest BCUT2D eigenvalue weighted by Gasteiger charge is 2.31. The second-order valence-electron chi connectivity index (χ2n) is 6.19. The predicted octanol–water partition coefficient (Wildman–Crippen LogP) is 2.41. The van der Waals surface area contributed by atoms with E-state index < -0.39 is 0 Å². The Hall–Kier alpha value is -0.0800. The lowest BCUT2D eigenvalue weighted by Gasteiger charge is -2.42. The molecule has 2 nitrogen and oxygen atoms in total. The van der Waals surface area contributed by atoms with Crippen LogP contribution < -0.4 is 0 Å². The summed E-state index contributed by atoms with van der Waals surface area (Å²) in [6, 6.07) is 0.757. The van der Waals surface area contributed by atoms with Gasteiger partial charge in [0.05, 0.1) is 6.10 Å². The van der Waals surface area contributed by atoms with Crippen molar-refractivity contribution in [2.45, 2.75) is 64.5 Å². The molecule has 15 heavy (non-hydrogen) atoms. The maximum absolute atomic E-state index is 9.67. The molecule has 0 aromatic heterocycles. The number of likely N-dealkylation sites (tertiary alicyclic amines) is 1. The van der Waals surface area contributed by atoms with Gasteiger partial charge in [0.15, 0.2) is 0 Å². The zero-order chi connectivity index (χ0) is 10.9. The molecule has 2 fully saturated rings. The van der Waals surface area contributed by atoms with E-state index in [4.69, 9.17) is 0 Å². The number of rotatable bonds is 1. The largest absolute Gasteiger partial charge is 0.392 e. The normalized spacial score (nSPS) is 34.2. The maximum atomic E-state index is 9.67. The molecule has 2 aliphatic rings. The molecule has 1 saturated heterocycles. The smallest absolute Gasteiger partial charge is 0.0667 e. The Morgan fingerprint density at radius 2 is 1.80 bits per heavy atom. The van der Waals surface area contributed by atoms with Gasteiger partial charge in [-0.25, -0.2) is 0 Å². The summed E-state index contributed by atoms with van der Waals surface area (Å²) in [6.07, 6.45) is 7.50. The van der Waals surface area contributed by atoms with E-state index in [0.29, 0.717) is 5.41 Å². The highest BCUT2D eigenvalue weighted by atomic mass is 16.3. The van der Waals surface area contributed by atoms with Crippen molar-refractivity contribution in [1.82, 2.24) is 4.90 Å². The summed E-state index contributed by atoms with van der Waals surface area (Å²) in [5.41, 5.74) is 0.560. The van der Waals surface area contributed by atoms with Gasteiger partial charge in [0.1, 0.15) is 0 Å². The number of aliphatic hydroxyl groups is 1. The van der Waals surface area contributed by atoms with E-state index in [9.17, 15) is 5.11 Å². The van der Waals surface area contributed by atoms with Gasteiger partial charge in [-0.1, -0.05) is 13.8 Å². The molecule has 0 radical (unpaired) electrons. The Kier molecular flexibility index (Phi) is 3.36. The molecule has 1 aliphatic heterocycles. The highest BCUT2D eigenvalue weighted by molar-refractivity contribution is 4.86. The molecule has 0 amide bonds. The number of hydrogen-bond donors (Lipinski definition) is 1. The lowest BCUT2D eigenvalue weighted by molar-refractivity contribution is 0.0238. The molecule has 1 aliphatic carbocycles. The molecule has 2 rings (SSSR count). The Labute approximate surface area is 93.7 Å². The second kappa shape index (κ2) is 4.42. The van der Waals surface area contributed by atoms with E-state index in [2.05, 4.69) is 18.7 Å². The van der Waals surface area contributed by atoms with Crippen LogP contribution in [0.5, 0.6) is 0 Å². The molecule has 1 saturated carbocycles. The molecule has 1 N–H and O–H groups in total. The molecule has 1 atom stereocenters. The van der Waals surface area contributed by atoms with Gasteiger partial charge in [0.25, 0.3) is 0 Å². The second-order valence-corrected chi connectivity index (χ2v) is 6.19. The first-order valence-electron chi connectivity index (χ1n) is 6.49. The zero-order valence-corrected chi connectivity index (χ0v) is 10.2. The van der Waals surface area contributed by atoms with Crippen molar-refractivity contribution in [1.29, 1.82) is 0 Å². The topological polar surface area (TPSA) is 23.5 Å². The van der Waals surface area contributed by atoms with E-state index in [1.54, 1.807) is 0 Å². The van der Waals surface area contributed by atoms with Crippen molar-refractivity contribution in [3.63, 3.8) is 0 Å². The van der Waals surface area contributed by atoms with Crippen LogP contribution in [0.15, 0.2) is 0 Å². The number of aliphatic hydroxyl groups excluding tert-OH is 1. The average Bonchev–Trinajstić information content (AvgIpc) is 2.17. The molecule has 0 spiro atoms. The predicted molar refractivity (Wildman–Crippen MR) is 62.9 cm³/mol. The van der Waals surface area contributed by atoms with Crippen molar-refractivity contribution in [3.05, 3.63) is 0 Å². The Balaban J connectivity index is 1.84. The van der Waals surface area contributed by atoms with Crippen LogP contribution in [0.1, 0.15) is 52.4 Å². The van der Waals surface area contributed by atoms with Gasteiger partial charge < -0.3 is 5.11 Å². The first kappa shape index (κ1) is 11.4. The molecule has 1 heterocycles. The van der Waals surface area contributed by atoms with Gasteiger partial charge in [-0.15, -0.1) is 0 Å². The SMILES string of the molecule is CC1(C)CCC(N2CCCC(O)C2)CC1. The number of hydrogen-bond acceptors (Lipinski definition) is 2. The van der Waals surface area contributed by atoms with E-state index in [0.717, 1.165) is 19.0 Å². The summed E-state index contributed by atoms with van der Waals surface area (Å²) in [5.74, 6) is 0. The van der Waals surface area contributed by atoms with Crippen molar-refractivity contribution < 1.29 is 5.11 Å². The fourth-order valence-corrected chi connectivity index (χ4v) is 3.06. The van der Waals surface area contributed by atoms with E-state index in [1.165, 1.54) is 38.6 Å². The third-order valence-corrected chi connectivity index (χ3v) is 4.25. The number of nitrogens with zero attached hydrogens (tertiary/aromatic N) is 1. The van der Waals surface area contributed by atoms with Gasteiger partial charge >= 0.3 is 0 Å². The fourth-order valence-electron chi connectivity index (χ4n) is 3.06. The molecule has 88 valence electrons. The maximum Gasteiger partial charge on any atom is 0.0667 e. The summed E-state index contributed by atoms with van der Waals surface area (Å²) < 4.78 is 0. The van der Waals surface area contributed by atoms with Gasteiger partial charge in [-0.2, -0.15) is 0 Å². The molecule has 0 aromatic rings. The molecular formula is C13H25NO. The van der Waals surface area contributed by atoms with Crippen molar-refractivity contribution in [2.75, 3.05) is 13.1 Å². The van der Waals surface area contributed by atoms with Crippen LogP contribution in [0.3, 0.4) is 0 Å². The van der Waals surface area contributed by atoms with Crippen LogP contribution in [0.2, 0.25) is 0 Å². The van der Waals surface area contributed by atoms with Crippen LogP contribution in [0.4, 0.5) is 0 Å². The van der Waals surface area contributed by atoms with Crippen LogP contribution in [-0.4, -0.2) is 35.2 Å². The molecular weight excluding hydrogens is 186 g/mol. The Morgan fingerprint density at radius 1 is 1.13 bits per heavy atom. The average molecular weight is 211 g/mol. The third kappa shape index (κ3) is 2.94. The number of β-amino-alcohol motifs (C(OH)–C–C–N with tert-alkyl or cyclic N) is 1. The zero-order valence-electron chi connectivity index (χ0n) is 10.2. The first-order valence-corrected chi connectivity index (χ1v) is 6.49. The van der Waals surface area contributed by atoms with Crippen LogP contribution in [0, 0.1) is 5.41 Å². The van der Waals surface area contributed by atoms with Crippen molar-refractivity contribution in [3.8, 4) is 0 Å². The lowest BCUT2D eigenvalue weighted by atomic mass is 9.75. The minimum absolute atomic E-state index is 0.0614. The quantitative estimate of drug-likeness (QED) is 0.720. The van der Waals surface area contributed by atoms with Gasteiger partial charge in [0, 0.05) is 12.6 Å². The van der Waals surface area contributed by atoms with E-state index in [-0.39, 0.29) is 6.10 Å². The minimum Gasteiger partial charge on any atom is -0.392 e. The van der Waals surface area contributed by atoms with Crippen molar-refractivity contribution in [2.24, 2.45) is 5.41 Å². The van der Waals surface area contributed by atoms with E-state index >= 15 is 0 Å². The minimum atomic E-state index is -0.0614. The summed E-state index contributed by atoms with van der Waals surface area (Å²) in [6.45, 7) is 6.90. The monoisotopic (exact) mass is 211 g/mol. The lowest BCUT2D eigenvalue weighted by Crippen LogP contribution is -2.46. The Morgan fingerprint density at radius 3 is 2.40 bits per heavy atom. The molecule has 1 unspecified atom stereocenters. The van der Waals surface area contributed by atoms with Gasteiger partial charge in [-0.05, 0) is 50.5 Å². The number of piperidine rings is 1. The molecule has 0 aromatic carbocycles. The highest BCUT2D eigenvalue weighted by Crippen LogP contribution is 2.37. The summed E-state index contributed by atoms with van der Waals surface area (Å²) in [4.78, 5) is 2.53. The van der Waals surface area contributed by atoms with Gasteiger partial charge in [0.2, 0.25) is 0 Å². The molecule has 2 heteroatoms. The summed E-state index contributed by atoms with van der Waals surface area (Å²) in [7, 11) is 0. The van der Waals surface area contributed by atoms with Gasteiger partial charge in [-0.3, -0.25) is 4.90 Å². The van der Waals surface area contributed by atoms with Crippen LogP contribution >= 0.6 is 0 Å². The Bertz CT molecular complexity index is 205. The van der Waals surface area contributed by atoms with Crippen molar-refractivity contribution >= 4 is 0 Å². The van der Waals surface area contributed by atoms with E-state index in [1.807, 2.05) is 0 Å². The summed E-state index contributed by atoms with van der Waals surface area (Å²) >= 11 is 0.